The lowest BCUT2D eigenvalue weighted by molar-refractivity contribution is -0.143. The molecule has 0 heterocycles. The van der Waals surface area contributed by atoms with Crippen molar-refractivity contribution < 1.29 is 24.5 Å². The Balaban J connectivity index is 3.32. The minimum absolute atomic E-state index is 0.0271. The predicted molar refractivity (Wildman–Crippen MR) is 389 cm³/mol. The summed E-state index contributed by atoms with van der Waals surface area (Å²) in [4.78, 5) is 24.6. The maximum atomic E-state index is 12.5. The molecule has 3 N–H and O–H groups in total. The summed E-state index contributed by atoms with van der Waals surface area (Å²) in [5, 5.41) is 23.3. The number of unbranched alkanes of at least 4 members (excludes halogenated alkanes) is 67. The van der Waals surface area contributed by atoms with Crippen molar-refractivity contribution in [3.8, 4) is 0 Å². The highest BCUT2D eigenvalue weighted by atomic mass is 16.5. The Morgan fingerprint density at radius 1 is 0.307 bits per heavy atom. The predicted octanol–water partition coefficient (Wildman–Crippen LogP) is 27.1. The molecule has 6 heteroatoms. The first-order valence-electron chi connectivity index (χ1n) is 41.0. The smallest absolute Gasteiger partial charge is 0.305 e. The van der Waals surface area contributed by atoms with Crippen LogP contribution in [0.5, 0.6) is 0 Å². The molecule has 524 valence electrons. The van der Waals surface area contributed by atoms with Crippen LogP contribution in [0.1, 0.15) is 476 Å². The third-order valence-electron chi connectivity index (χ3n) is 19.6. The van der Waals surface area contributed by atoms with Crippen molar-refractivity contribution in [2.75, 3.05) is 13.2 Å². The van der Waals surface area contributed by atoms with Gasteiger partial charge in [0.2, 0.25) is 5.91 Å². The molecule has 0 rings (SSSR count). The molecular weight excluding hydrogens is 1080 g/mol. The van der Waals surface area contributed by atoms with Gasteiger partial charge in [0.1, 0.15) is 0 Å². The first-order valence-corrected chi connectivity index (χ1v) is 41.0. The molecule has 0 saturated carbocycles. The van der Waals surface area contributed by atoms with E-state index in [2.05, 4.69) is 19.2 Å². The van der Waals surface area contributed by atoms with Crippen molar-refractivity contribution in [1.29, 1.82) is 0 Å². The van der Waals surface area contributed by atoms with E-state index in [1.807, 2.05) is 6.08 Å². The lowest BCUT2D eigenvalue weighted by Gasteiger charge is -2.20. The summed E-state index contributed by atoms with van der Waals surface area (Å²) in [5.74, 6) is -0.0304. The molecule has 0 aromatic heterocycles. The molecule has 88 heavy (non-hydrogen) atoms. The highest BCUT2D eigenvalue weighted by Gasteiger charge is 2.18. The van der Waals surface area contributed by atoms with Crippen LogP contribution in [0.3, 0.4) is 0 Å². The molecule has 0 saturated heterocycles. The highest BCUT2D eigenvalue weighted by Crippen LogP contribution is 2.21. The van der Waals surface area contributed by atoms with E-state index in [9.17, 15) is 19.8 Å². The van der Waals surface area contributed by atoms with E-state index in [1.54, 1.807) is 6.08 Å². The van der Waals surface area contributed by atoms with Gasteiger partial charge in [-0.25, -0.2) is 0 Å². The average molecular weight is 1240 g/mol. The zero-order chi connectivity index (χ0) is 63.5. The Morgan fingerprint density at radius 2 is 0.523 bits per heavy atom. The van der Waals surface area contributed by atoms with Gasteiger partial charge < -0.3 is 20.3 Å². The van der Waals surface area contributed by atoms with Crippen molar-refractivity contribution in [1.82, 2.24) is 5.32 Å². The molecule has 0 bridgehead atoms. The molecule has 0 aromatic carbocycles. The fourth-order valence-electron chi connectivity index (χ4n) is 13.3. The number of aliphatic hydroxyl groups is 2. The van der Waals surface area contributed by atoms with Crippen molar-refractivity contribution in [2.45, 2.75) is 488 Å². The first-order chi connectivity index (χ1) is 43.5. The summed E-state index contributed by atoms with van der Waals surface area (Å²) in [5.41, 5.74) is 0. The molecule has 2 unspecified atom stereocenters. The molecular formula is C82H161NO5. The van der Waals surface area contributed by atoms with Crippen molar-refractivity contribution in [2.24, 2.45) is 0 Å². The number of allylic oxidation sites excluding steroid dienone is 1. The summed E-state index contributed by atoms with van der Waals surface area (Å²) in [7, 11) is 0. The van der Waals surface area contributed by atoms with E-state index >= 15 is 0 Å². The van der Waals surface area contributed by atoms with Crippen LogP contribution in [0, 0.1) is 0 Å². The average Bonchev–Trinajstić information content (AvgIpc) is 3.58. The Morgan fingerprint density at radius 3 is 0.773 bits per heavy atom. The number of ether oxygens (including phenoxy) is 1. The standard InChI is InChI=1S/C82H161NO5/c1-3-5-7-9-11-13-15-17-19-21-22-40-43-46-50-54-58-62-66-70-74-80(85)79(78-84)83-81(86)75-71-67-63-59-55-51-47-44-41-38-36-34-32-30-28-26-24-23-25-27-29-31-33-35-37-39-42-45-49-53-57-61-65-69-73-77-88-82(87)76-72-68-64-60-56-52-48-20-18-16-14-12-10-8-6-4-2/h70,74,79-80,84-85H,3-69,71-73,75-78H2,1-2H3,(H,83,86)/b74-70+. The normalized spacial score (nSPS) is 12.5. The van der Waals surface area contributed by atoms with Crippen LogP contribution in [0.25, 0.3) is 0 Å². The van der Waals surface area contributed by atoms with Gasteiger partial charge in [0.05, 0.1) is 25.4 Å². The van der Waals surface area contributed by atoms with Gasteiger partial charge in [-0.15, -0.1) is 0 Å². The van der Waals surface area contributed by atoms with E-state index in [0.29, 0.717) is 19.4 Å². The van der Waals surface area contributed by atoms with Crippen molar-refractivity contribution in [3.63, 3.8) is 0 Å². The lowest BCUT2D eigenvalue weighted by atomic mass is 10.0. The molecule has 1 amide bonds. The van der Waals surface area contributed by atoms with Crippen LogP contribution in [-0.2, 0) is 14.3 Å². The Labute approximate surface area is 552 Å². The van der Waals surface area contributed by atoms with Crippen molar-refractivity contribution >= 4 is 11.9 Å². The zero-order valence-corrected chi connectivity index (χ0v) is 60.3. The largest absolute Gasteiger partial charge is 0.466 e. The molecule has 0 radical (unpaired) electrons. The number of aliphatic hydroxyl groups excluding tert-OH is 2. The van der Waals surface area contributed by atoms with Crippen LogP contribution in [0.2, 0.25) is 0 Å². The topological polar surface area (TPSA) is 95.9 Å². The number of hydrogen-bond donors (Lipinski definition) is 3. The molecule has 6 nitrogen and oxygen atoms in total. The van der Waals surface area contributed by atoms with E-state index in [4.69, 9.17) is 4.74 Å². The summed E-state index contributed by atoms with van der Waals surface area (Å²) >= 11 is 0. The number of esters is 1. The van der Waals surface area contributed by atoms with E-state index < -0.39 is 12.1 Å². The zero-order valence-electron chi connectivity index (χ0n) is 60.3. The summed E-state index contributed by atoms with van der Waals surface area (Å²) in [6, 6.07) is -0.624. The molecule has 0 aliphatic heterocycles. The number of carbonyl (C=O) groups is 2. The number of hydrogen-bond acceptors (Lipinski definition) is 5. The van der Waals surface area contributed by atoms with E-state index in [0.717, 1.165) is 38.5 Å². The number of carbonyl (C=O) groups excluding carboxylic acids is 2. The van der Waals surface area contributed by atoms with Gasteiger partial charge in [-0.3, -0.25) is 9.59 Å². The van der Waals surface area contributed by atoms with Gasteiger partial charge in [0.25, 0.3) is 0 Å². The lowest BCUT2D eigenvalue weighted by Crippen LogP contribution is -2.45. The summed E-state index contributed by atoms with van der Waals surface area (Å²) in [6.07, 6.45) is 99.2. The minimum atomic E-state index is -0.841. The third-order valence-corrected chi connectivity index (χ3v) is 19.6. The van der Waals surface area contributed by atoms with Crippen LogP contribution in [0.15, 0.2) is 12.2 Å². The van der Waals surface area contributed by atoms with Crippen LogP contribution in [0.4, 0.5) is 0 Å². The highest BCUT2D eigenvalue weighted by molar-refractivity contribution is 5.76. The second-order valence-corrected chi connectivity index (χ2v) is 28.5. The molecule has 0 spiro atoms. The van der Waals surface area contributed by atoms with Crippen LogP contribution >= 0.6 is 0 Å². The van der Waals surface area contributed by atoms with Crippen LogP contribution < -0.4 is 5.32 Å². The Hall–Kier alpha value is -1.40. The molecule has 0 aromatic rings. The molecule has 2 atom stereocenters. The van der Waals surface area contributed by atoms with Crippen LogP contribution in [-0.4, -0.2) is 47.4 Å². The number of nitrogens with one attached hydrogen (secondary N) is 1. The third kappa shape index (κ3) is 73.6. The summed E-state index contributed by atoms with van der Waals surface area (Å²) in [6.45, 7) is 4.97. The van der Waals surface area contributed by atoms with E-state index in [-0.39, 0.29) is 18.5 Å². The Bertz CT molecular complexity index is 1340. The van der Waals surface area contributed by atoms with Gasteiger partial charge in [-0.05, 0) is 32.1 Å². The van der Waals surface area contributed by atoms with Gasteiger partial charge >= 0.3 is 5.97 Å². The number of amides is 1. The minimum Gasteiger partial charge on any atom is -0.466 e. The fourth-order valence-corrected chi connectivity index (χ4v) is 13.3. The molecule has 0 fully saturated rings. The second kappa shape index (κ2) is 78.0. The maximum Gasteiger partial charge on any atom is 0.305 e. The summed E-state index contributed by atoms with van der Waals surface area (Å²) < 4.78 is 5.51. The van der Waals surface area contributed by atoms with E-state index in [1.165, 1.54) is 411 Å². The molecule has 0 aliphatic rings. The van der Waals surface area contributed by atoms with Gasteiger partial charge in [0.15, 0.2) is 0 Å². The monoisotopic (exact) mass is 1240 g/mol. The maximum absolute atomic E-state index is 12.5. The Kier molecular flexibility index (Phi) is 76.8. The first kappa shape index (κ1) is 86.6. The van der Waals surface area contributed by atoms with Crippen molar-refractivity contribution in [3.05, 3.63) is 12.2 Å². The number of rotatable bonds is 78. The fraction of sp³-hybridized carbons (Fsp3) is 0.951. The van der Waals surface area contributed by atoms with Gasteiger partial charge in [-0.1, -0.05) is 443 Å². The van der Waals surface area contributed by atoms with Gasteiger partial charge in [-0.2, -0.15) is 0 Å². The second-order valence-electron chi connectivity index (χ2n) is 28.5. The van der Waals surface area contributed by atoms with Gasteiger partial charge in [0, 0.05) is 12.8 Å². The quantitative estimate of drug-likeness (QED) is 0.0320. The SMILES string of the molecule is CCCCCCCCCCCCCCCCCCCC/C=C/C(O)C(CO)NC(=O)CCCCCCCCCCCCCCCCCCCCCCCCCCCCCCCCCCCCCOC(=O)CCCCCCCCCCCCCCCCCC. The molecule has 0 aliphatic carbocycles.